The molecule has 8 heteroatoms. The molecule has 0 fully saturated rings. The van der Waals surface area contributed by atoms with Gasteiger partial charge < -0.3 is 10.0 Å². The van der Waals surface area contributed by atoms with Gasteiger partial charge in [0.15, 0.2) is 0 Å². The predicted molar refractivity (Wildman–Crippen MR) is 88.7 cm³/mol. The fourth-order valence-electron chi connectivity index (χ4n) is 1.93. The van der Waals surface area contributed by atoms with Crippen LogP contribution in [-0.4, -0.2) is 44.4 Å². The van der Waals surface area contributed by atoms with E-state index in [1.54, 1.807) is 14.1 Å². The van der Waals surface area contributed by atoms with E-state index in [2.05, 4.69) is 4.72 Å². The molecule has 2 N–H and O–H groups in total. The topological polar surface area (TPSA) is 104 Å². The zero-order valence-electron chi connectivity index (χ0n) is 13.1. The Labute approximate surface area is 139 Å². The van der Waals surface area contributed by atoms with Crippen molar-refractivity contribution >= 4 is 27.6 Å². The van der Waals surface area contributed by atoms with Crippen molar-refractivity contribution in [3.05, 3.63) is 59.7 Å². The molecule has 0 aromatic heterocycles. The van der Waals surface area contributed by atoms with Gasteiger partial charge in [0.1, 0.15) is 0 Å². The van der Waals surface area contributed by atoms with Gasteiger partial charge in [-0.25, -0.2) is 13.2 Å². The lowest BCUT2D eigenvalue weighted by Gasteiger charge is -2.11. The number of carboxylic acids is 1. The molecular weight excluding hydrogens is 332 g/mol. The van der Waals surface area contributed by atoms with Crippen LogP contribution in [0.25, 0.3) is 0 Å². The van der Waals surface area contributed by atoms with Gasteiger partial charge >= 0.3 is 5.97 Å². The maximum Gasteiger partial charge on any atom is 0.335 e. The van der Waals surface area contributed by atoms with Crippen molar-refractivity contribution in [2.45, 2.75) is 4.90 Å². The molecule has 0 aliphatic carbocycles. The summed E-state index contributed by atoms with van der Waals surface area (Å²) >= 11 is 0. The summed E-state index contributed by atoms with van der Waals surface area (Å²) in [7, 11) is -0.594. The number of aromatic carboxylic acids is 1. The van der Waals surface area contributed by atoms with E-state index in [-0.39, 0.29) is 16.4 Å². The van der Waals surface area contributed by atoms with E-state index in [0.717, 1.165) is 0 Å². The lowest BCUT2D eigenvalue weighted by molar-refractivity contribution is 0.0696. The first-order chi connectivity index (χ1) is 11.2. The Kier molecular flexibility index (Phi) is 4.89. The number of carboxylic acid groups (broad SMARTS) is 1. The SMILES string of the molecule is CN(C)C(=O)c1ccc(NS(=O)(=O)c2ccc(C(=O)O)cc2)cc1. The van der Waals surface area contributed by atoms with E-state index in [1.165, 1.54) is 53.4 Å². The maximum absolute atomic E-state index is 12.3. The summed E-state index contributed by atoms with van der Waals surface area (Å²) in [5, 5.41) is 8.83. The van der Waals surface area contributed by atoms with Crippen LogP contribution in [0.2, 0.25) is 0 Å². The van der Waals surface area contributed by atoms with Crippen LogP contribution in [0.3, 0.4) is 0 Å². The average molecular weight is 348 g/mol. The van der Waals surface area contributed by atoms with E-state index >= 15 is 0 Å². The van der Waals surface area contributed by atoms with Crippen LogP contribution < -0.4 is 4.72 Å². The third-order valence-electron chi connectivity index (χ3n) is 3.20. The maximum atomic E-state index is 12.3. The number of amides is 1. The third kappa shape index (κ3) is 3.90. The highest BCUT2D eigenvalue weighted by Gasteiger charge is 2.15. The lowest BCUT2D eigenvalue weighted by atomic mass is 10.2. The summed E-state index contributed by atoms with van der Waals surface area (Å²) in [6, 6.07) is 10.9. The zero-order chi connectivity index (χ0) is 17.9. The van der Waals surface area contributed by atoms with Crippen LogP contribution in [0, 0.1) is 0 Å². The molecule has 0 atom stereocenters. The molecule has 1 amide bonds. The molecule has 0 radical (unpaired) electrons. The van der Waals surface area contributed by atoms with Crippen molar-refractivity contribution in [1.29, 1.82) is 0 Å². The lowest BCUT2D eigenvalue weighted by Crippen LogP contribution is -2.21. The second-order valence-electron chi connectivity index (χ2n) is 5.21. The number of anilines is 1. The first-order valence-corrected chi connectivity index (χ1v) is 8.37. The minimum absolute atomic E-state index is 0.000464. The summed E-state index contributed by atoms with van der Waals surface area (Å²) in [5.41, 5.74) is 0.738. The number of benzene rings is 2. The van der Waals surface area contributed by atoms with Gasteiger partial charge in [-0.15, -0.1) is 0 Å². The highest BCUT2D eigenvalue weighted by atomic mass is 32.2. The molecule has 2 rings (SSSR count). The minimum atomic E-state index is -3.84. The molecule has 126 valence electrons. The second kappa shape index (κ2) is 6.71. The smallest absolute Gasteiger partial charge is 0.335 e. The van der Waals surface area contributed by atoms with Crippen molar-refractivity contribution in [3.8, 4) is 0 Å². The number of nitrogens with zero attached hydrogens (tertiary/aromatic N) is 1. The Balaban J connectivity index is 2.20. The highest BCUT2D eigenvalue weighted by Crippen LogP contribution is 2.17. The van der Waals surface area contributed by atoms with Gasteiger partial charge in [-0.1, -0.05) is 0 Å². The fourth-order valence-corrected chi connectivity index (χ4v) is 2.99. The monoisotopic (exact) mass is 348 g/mol. The molecule has 0 spiro atoms. The molecule has 0 bridgehead atoms. The fraction of sp³-hybridized carbons (Fsp3) is 0.125. The Bertz CT molecular complexity index is 856. The molecule has 0 heterocycles. The first-order valence-electron chi connectivity index (χ1n) is 6.88. The van der Waals surface area contributed by atoms with Crippen LogP contribution in [0.1, 0.15) is 20.7 Å². The van der Waals surface area contributed by atoms with Crippen LogP contribution in [0.5, 0.6) is 0 Å². The molecule has 0 saturated carbocycles. The standard InChI is InChI=1S/C16H16N2O5S/c1-18(2)15(19)11-3-7-13(8-4-11)17-24(22,23)14-9-5-12(6-10-14)16(20)21/h3-10,17H,1-2H3,(H,20,21). The van der Waals surface area contributed by atoms with Crippen molar-refractivity contribution in [2.75, 3.05) is 18.8 Å². The molecular formula is C16H16N2O5S. The van der Waals surface area contributed by atoms with Crippen molar-refractivity contribution in [2.24, 2.45) is 0 Å². The van der Waals surface area contributed by atoms with Gasteiger partial charge in [0, 0.05) is 25.3 Å². The molecule has 0 unspecified atom stereocenters. The summed E-state index contributed by atoms with van der Waals surface area (Å²) in [6.07, 6.45) is 0. The van der Waals surface area contributed by atoms with E-state index in [1.807, 2.05) is 0 Å². The van der Waals surface area contributed by atoms with Crippen molar-refractivity contribution < 1.29 is 23.1 Å². The minimum Gasteiger partial charge on any atom is -0.478 e. The zero-order valence-corrected chi connectivity index (χ0v) is 13.9. The van der Waals surface area contributed by atoms with E-state index in [4.69, 9.17) is 5.11 Å². The Morgan fingerprint density at radius 1 is 0.917 bits per heavy atom. The second-order valence-corrected chi connectivity index (χ2v) is 6.89. The number of carbonyl (C=O) groups excluding carboxylic acids is 1. The number of hydrogen-bond acceptors (Lipinski definition) is 4. The van der Waals surface area contributed by atoms with Crippen LogP contribution in [0.15, 0.2) is 53.4 Å². The summed E-state index contributed by atoms with van der Waals surface area (Å²) in [6.45, 7) is 0. The molecule has 0 aliphatic rings. The number of sulfonamides is 1. The van der Waals surface area contributed by atoms with Gasteiger partial charge in [-0.3, -0.25) is 9.52 Å². The number of hydrogen-bond donors (Lipinski definition) is 2. The molecule has 7 nitrogen and oxygen atoms in total. The average Bonchev–Trinajstić information content (AvgIpc) is 2.54. The predicted octanol–water partition coefficient (Wildman–Crippen LogP) is 1.89. The largest absolute Gasteiger partial charge is 0.478 e. The van der Waals surface area contributed by atoms with Gasteiger partial charge in [-0.2, -0.15) is 0 Å². The summed E-state index contributed by atoms with van der Waals surface area (Å²) in [5.74, 6) is -1.32. The van der Waals surface area contributed by atoms with Crippen LogP contribution in [-0.2, 0) is 10.0 Å². The molecule has 2 aromatic carbocycles. The number of nitrogens with one attached hydrogen (secondary N) is 1. The molecule has 0 aliphatic heterocycles. The van der Waals surface area contributed by atoms with E-state index in [9.17, 15) is 18.0 Å². The van der Waals surface area contributed by atoms with Crippen LogP contribution >= 0.6 is 0 Å². The Morgan fingerprint density at radius 2 is 1.42 bits per heavy atom. The highest BCUT2D eigenvalue weighted by molar-refractivity contribution is 7.92. The first kappa shape index (κ1) is 17.5. The van der Waals surface area contributed by atoms with Gasteiger partial charge in [0.25, 0.3) is 15.9 Å². The third-order valence-corrected chi connectivity index (χ3v) is 4.60. The Morgan fingerprint density at radius 3 is 1.88 bits per heavy atom. The van der Waals surface area contributed by atoms with Crippen LogP contribution in [0.4, 0.5) is 5.69 Å². The van der Waals surface area contributed by atoms with E-state index in [0.29, 0.717) is 11.3 Å². The number of rotatable bonds is 5. The summed E-state index contributed by atoms with van der Waals surface area (Å²) < 4.78 is 26.9. The normalized spacial score (nSPS) is 10.9. The van der Waals surface area contributed by atoms with Crippen molar-refractivity contribution in [1.82, 2.24) is 4.90 Å². The van der Waals surface area contributed by atoms with Gasteiger partial charge in [-0.05, 0) is 48.5 Å². The summed E-state index contributed by atoms with van der Waals surface area (Å²) in [4.78, 5) is 23.9. The van der Waals surface area contributed by atoms with Gasteiger partial charge in [0.05, 0.1) is 10.5 Å². The Hall–Kier alpha value is -2.87. The molecule has 0 saturated heterocycles. The van der Waals surface area contributed by atoms with E-state index < -0.39 is 16.0 Å². The number of carbonyl (C=O) groups is 2. The van der Waals surface area contributed by atoms with Crippen molar-refractivity contribution in [3.63, 3.8) is 0 Å². The molecule has 2 aromatic rings. The van der Waals surface area contributed by atoms with Gasteiger partial charge in [0.2, 0.25) is 0 Å². The molecule has 24 heavy (non-hydrogen) atoms. The quantitative estimate of drug-likeness (QED) is 0.859.